The molecule has 4 heteroatoms. The summed E-state index contributed by atoms with van der Waals surface area (Å²) in [7, 11) is 0. The first-order chi connectivity index (χ1) is 14.3. The number of hydrogen-bond donors (Lipinski definition) is 0. The van der Waals surface area contributed by atoms with Crippen LogP contribution in [0.5, 0.6) is 0 Å². The van der Waals surface area contributed by atoms with Gasteiger partial charge in [0, 0.05) is 37.2 Å². The molecule has 3 nitrogen and oxygen atoms in total. The molecule has 0 bridgehead atoms. The molecule has 4 rings (SSSR count). The molecule has 2 fully saturated rings. The fourth-order valence-electron chi connectivity index (χ4n) is 4.79. The van der Waals surface area contributed by atoms with Crippen LogP contribution in [0.4, 0.5) is 5.69 Å². The molecule has 2 aromatic rings. The van der Waals surface area contributed by atoms with Crippen molar-refractivity contribution >= 4 is 21.6 Å². The minimum absolute atomic E-state index is 0.162. The van der Waals surface area contributed by atoms with Crippen LogP contribution >= 0.6 is 15.9 Å². The third kappa shape index (κ3) is 5.22. The topological polar surface area (TPSA) is 15.7 Å². The van der Waals surface area contributed by atoms with Gasteiger partial charge in [-0.1, -0.05) is 64.5 Å². The molecule has 2 aliphatic rings. The van der Waals surface area contributed by atoms with Crippen LogP contribution in [0.15, 0.2) is 60.7 Å². The summed E-state index contributed by atoms with van der Waals surface area (Å²) in [6.07, 6.45) is 6.19. The first-order valence-corrected chi connectivity index (χ1v) is 12.2. The Morgan fingerprint density at radius 3 is 2.28 bits per heavy atom. The second kappa shape index (κ2) is 10.1. The molecular formula is C25H33BrN2O. The van der Waals surface area contributed by atoms with Crippen molar-refractivity contribution in [3.8, 4) is 0 Å². The number of hydrogen-bond acceptors (Lipinski definition) is 3. The standard InChI is InChI=1S/C25H33BrN2O/c26-21-25(29-20-23-9-3-1-4-10-23)15-7-8-16-28(25)19-22-13-17-27(18-14-22)24-11-5-2-6-12-24/h1-6,9-12,22H,7-8,13-21H2. The molecule has 0 radical (unpaired) electrons. The average molecular weight is 457 g/mol. The van der Waals surface area contributed by atoms with Crippen molar-refractivity contribution in [2.45, 2.75) is 44.4 Å². The molecule has 2 saturated heterocycles. The van der Waals surface area contributed by atoms with E-state index in [0.717, 1.165) is 43.8 Å². The summed E-state index contributed by atoms with van der Waals surface area (Å²) in [4.78, 5) is 5.19. The van der Waals surface area contributed by atoms with Crippen LogP contribution in [-0.2, 0) is 11.3 Å². The van der Waals surface area contributed by atoms with E-state index in [9.17, 15) is 0 Å². The van der Waals surface area contributed by atoms with Crippen molar-refractivity contribution < 1.29 is 4.74 Å². The lowest BCUT2D eigenvalue weighted by Crippen LogP contribution is -2.57. The average Bonchev–Trinajstić information content (AvgIpc) is 2.80. The molecule has 0 aliphatic carbocycles. The maximum atomic E-state index is 6.62. The van der Waals surface area contributed by atoms with Crippen molar-refractivity contribution in [1.82, 2.24) is 4.90 Å². The lowest BCUT2D eigenvalue weighted by atomic mass is 9.92. The van der Waals surface area contributed by atoms with E-state index < -0.39 is 0 Å². The van der Waals surface area contributed by atoms with Crippen LogP contribution in [0.3, 0.4) is 0 Å². The Balaban J connectivity index is 1.36. The van der Waals surface area contributed by atoms with Crippen molar-refractivity contribution in [2.24, 2.45) is 5.92 Å². The van der Waals surface area contributed by atoms with Crippen LogP contribution in [-0.4, -0.2) is 42.1 Å². The van der Waals surface area contributed by atoms with Crippen LogP contribution in [0.1, 0.15) is 37.7 Å². The lowest BCUT2D eigenvalue weighted by Gasteiger charge is -2.48. The summed E-state index contributed by atoms with van der Waals surface area (Å²) in [5, 5.41) is 0.885. The summed E-state index contributed by atoms with van der Waals surface area (Å²) in [6.45, 7) is 5.32. The van der Waals surface area contributed by atoms with Gasteiger partial charge in [-0.05, 0) is 55.7 Å². The highest BCUT2D eigenvalue weighted by atomic mass is 79.9. The first kappa shape index (κ1) is 20.9. The summed E-state index contributed by atoms with van der Waals surface area (Å²) in [6, 6.07) is 21.4. The zero-order valence-corrected chi connectivity index (χ0v) is 18.9. The normalized spacial score (nSPS) is 24.0. The van der Waals surface area contributed by atoms with Crippen molar-refractivity contribution in [3.63, 3.8) is 0 Å². The van der Waals surface area contributed by atoms with Crippen LogP contribution in [0.2, 0.25) is 0 Å². The van der Waals surface area contributed by atoms with Gasteiger partial charge in [-0.15, -0.1) is 0 Å². The molecule has 0 spiro atoms. The van der Waals surface area contributed by atoms with Crippen molar-refractivity contribution in [2.75, 3.05) is 36.4 Å². The minimum Gasteiger partial charge on any atom is -0.372 e. The summed E-state index contributed by atoms with van der Waals surface area (Å²) < 4.78 is 6.62. The van der Waals surface area contributed by atoms with Gasteiger partial charge in [0.05, 0.1) is 6.61 Å². The van der Waals surface area contributed by atoms with E-state index in [1.54, 1.807) is 0 Å². The van der Waals surface area contributed by atoms with Crippen molar-refractivity contribution in [3.05, 3.63) is 66.2 Å². The minimum atomic E-state index is -0.162. The van der Waals surface area contributed by atoms with Gasteiger partial charge in [0.25, 0.3) is 0 Å². The highest BCUT2D eigenvalue weighted by molar-refractivity contribution is 9.09. The zero-order valence-electron chi connectivity index (χ0n) is 17.3. The summed E-state index contributed by atoms with van der Waals surface area (Å²) in [5.74, 6) is 0.756. The molecule has 2 aromatic carbocycles. The Morgan fingerprint density at radius 1 is 0.897 bits per heavy atom. The van der Waals surface area contributed by atoms with E-state index in [2.05, 4.69) is 86.4 Å². The SMILES string of the molecule is BrCC1(OCc2ccccc2)CCCCN1CC1CCN(c2ccccc2)CC1. The molecule has 29 heavy (non-hydrogen) atoms. The number of halogens is 1. The molecule has 1 unspecified atom stereocenters. The highest BCUT2D eigenvalue weighted by Crippen LogP contribution is 2.34. The molecule has 0 amide bonds. The number of rotatable bonds is 7. The van der Waals surface area contributed by atoms with Gasteiger partial charge in [-0.2, -0.15) is 0 Å². The van der Waals surface area contributed by atoms with Gasteiger partial charge in [-0.25, -0.2) is 0 Å². The Bertz CT molecular complexity index is 733. The maximum absolute atomic E-state index is 6.62. The van der Waals surface area contributed by atoms with Crippen LogP contribution < -0.4 is 4.90 Å². The van der Waals surface area contributed by atoms with Gasteiger partial charge >= 0.3 is 0 Å². The fourth-order valence-corrected chi connectivity index (χ4v) is 5.59. The third-order valence-electron chi connectivity index (χ3n) is 6.60. The Morgan fingerprint density at radius 2 is 1.59 bits per heavy atom. The molecule has 156 valence electrons. The lowest BCUT2D eigenvalue weighted by molar-refractivity contribution is -0.171. The van der Waals surface area contributed by atoms with Gasteiger partial charge < -0.3 is 9.64 Å². The van der Waals surface area contributed by atoms with Gasteiger partial charge in [0.2, 0.25) is 0 Å². The predicted molar refractivity (Wildman–Crippen MR) is 125 cm³/mol. The fraction of sp³-hybridized carbons (Fsp3) is 0.520. The van der Waals surface area contributed by atoms with Crippen LogP contribution in [0, 0.1) is 5.92 Å². The smallest absolute Gasteiger partial charge is 0.131 e. The molecular weight excluding hydrogens is 424 g/mol. The van der Waals surface area contributed by atoms with Gasteiger partial charge in [0.1, 0.15) is 5.72 Å². The van der Waals surface area contributed by atoms with Gasteiger partial charge in [0.15, 0.2) is 0 Å². The highest BCUT2D eigenvalue weighted by Gasteiger charge is 2.40. The first-order valence-electron chi connectivity index (χ1n) is 11.1. The largest absolute Gasteiger partial charge is 0.372 e. The van der Waals surface area contributed by atoms with E-state index in [4.69, 9.17) is 4.74 Å². The van der Waals surface area contributed by atoms with E-state index in [-0.39, 0.29) is 5.72 Å². The molecule has 2 aliphatic heterocycles. The van der Waals surface area contributed by atoms with E-state index >= 15 is 0 Å². The number of nitrogens with zero attached hydrogens (tertiary/aromatic N) is 2. The molecule has 1 atom stereocenters. The Labute approximate surface area is 184 Å². The van der Waals surface area contributed by atoms with E-state index in [0.29, 0.717) is 6.61 Å². The quantitative estimate of drug-likeness (QED) is 0.497. The second-order valence-corrected chi connectivity index (χ2v) is 9.08. The molecule has 0 aromatic heterocycles. The second-order valence-electron chi connectivity index (χ2n) is 8.52. The Hall–Kier alpha value is -1.36. The van der Waals surface area contributed by atoms with E-state index in [1.165, 1.54) is 36.9 Å². The van der Waals surface area contributed by atoms with Crippen LogP contribution in [0.25, 0.3) is 0 Å². The number of likely N-dealkylation sites (tertiary alicyclic amines) is 1. The summed E-state index contributed by atoms with van der Waals surface area (Å²) >= 11 is 3.81. The number of ether oxygens (including phenoxy) is 1. The molecule has 0 saturated carbocycles. The number of piperidine rings is 2. The number of benzene rings is 2. The number of anilines is 1. The molecule has 0 N–H and O–H groups in total. The van der Waals surface area contributed by atoms with Crippen molar-refractivity contribution in [1.29, 1.82) is 0 Å². The van der Waals surface area contributed by atoms with Gasteiger partial charge in [-0.3, -0.25) is 4.90 Å². The number of para-hydroxylation sites is 1. The number of alkyl halides is 1. The monoisotopic (exact) mass is 456 g/mol. The Kier molecular flexibility index (Phi) is 7.28. The maximum Gasteiger partial charge on any atom is 0.131 e. The summed E-state index contributed by atoms with van der Waals surface area (Å²) in [5.41, 5.74) is 2.46. The zero-order chi connectivity index (χ0) is 19.9. The third-order valence-corrected chi connectivity index (χ3v) is 7.47. The molecule has 2 heterocycles. The predicted octanol–water partition coefficient (Wildman–Crippen LogP) is 5.70. The van der Waals surface area contributed by atoms with E-state index in [1.807, 2.05) is 0 Å².